The minimum atomic E-state index is 0.331. The van der Waals surface area contributed by atoms with Crippen molar-refractivity contribution in [2.75, 3.05) is 52.9 Å². The molecule has 0 aromatic heterocycles. The van der Waals surface area contributed by atoms with Crippen molar-refractivity contribution in [2.45, 2.75) is 89.8 Å². The zero-order valence-corrected chi connectivity index (χ0v) is 19.9. The van der Waals surface area contributed by atoms with Crippen LogP contribution in [0.1, 0.15) is 71.6 Å². The fourth-order valence-corrected chi connectivity index (χ4v) is 5.39. The first-order chi connectivity index (χ1) is 14.6. The molecule has 0 aromatic carbocycles. The lowest BCUT2D eigenvalue weighted by Gasteiger charge is -2.34. The SMILES string of the molecule is CN=C(NCC1CCCN1CC1CCCCC1)NC1CCN(CCOC(C)C)CC1. The van der Waals surface area contributed by atoms with Gasteiger partial charge in [0, 0.05) is 51.9 Å². The highest BCUT2D eigenvalue weighted by Gasteiger charge is 2.28. The largest absolute Gasteiger partial charge is 0.377 e. The Morgan fingerprint density at radius 3 is 2.47 bits per heavy atom. The third-order valence-electron chi connectivity index (χ3n) is 7.23. The van der Waals surface area contributed by atoms with Crippen LogP contribution >= 0.6 is 0 Å². The molecule has 2 aliphatic heterocycles. The summed E-state index contributed by atoms with van der Waals surface area (Å²) >= 11 is 0. The van der Waals surface area contributed by atoms with Crippen LogP contribution < -0.4 is 10.6 Å². The Morgan fingerprint density at radius 2 is 1.77 bits per heavy atom. The van der Waals surface area contributed by atoms with Gasteiger partial charge in [-0.3, -0.25) is 9.89 Å². The summed E-state index contributed by atoms with van der Waals surface area (Å²) in [6, 6.07) is 1.20. The average molecular weight is 422 g/mol. The molecule has 1 aliphatic carbocycles. The smallest absolute Gasteiger partial charge is 0.191 e. The first kappa shape index (κ1) is 23.8. The molecule has 1 atom stereocenters. The van der Waals surface area contributed by atoms with E-state index in [1.165, 1.54) is 70.9 Å². The molecule has 3 fully saturated rings. The van der Waals surface area contributed by atoms with Crippen LogP contribution in [0.25, 0.3) is 0 Å². The zero-order chi connectivity index (χ0) is 21.2. The van der Waals surface area contributed by atoms with Crippen LogP contribution in [-0.4, -0.2) is 86.9 Å². The van der Waals surface area contributed by atoms with Gasteiger partial charge < -0.3 is 20.3 Å². The van der Waals surface area contributed by atoms with Gasteiger partial charge >= 0.3 is 0 Å². The first-order valence-electron chi connectivity index (χ1n) is 12.7. The van der Waals surface area contributed by atoms with Crippen LogP contribution in [0.2, 0.25) is 0 Å². The maximum absolute atomic E-state index is 5.70. The van der Waals surface area contributed by atoms with E-state index in [2.05, 4.69) is 39.3 Å². The summed E-state index contributed by atoms with van der Waals surface area (Å²) in [5.74, 6) is 1.93. The molecule has 0 aromatic rings. The van der Waals surface area contributed by atoms with Gasteiger partial charge in [-0.25, -0.2) is 0 Å². The highest BCUT2D eigenvalue weighted by Crippen LogP contribution is 2.27. The van der Waals surface area contributed by atoms with Gasteiger partial charge in [0.05, 0.1) is 12.7 Å². The Balaban J connectivity index is 1.33. The molecule has 3 rings (SSSR count). The Morgan fingerprint density at radius 1 is 1.00 bits per heavy atom. The second kappa shape index (κ2) is 12.9. The standard InChI is InChI=1S/C24H47N5O/c1-20(2)30-17-16-28-14-11-22(12-15-28)27-24(25-3)26-18-23-10-7-13-29(23)19-21-8-5-4-6-9-21/h20-23H,4-19H2,1-3H3,(H2,25,26,27). The molecule has 1 unspecified atom stereocenters. The van der Waals surface area contributed by atoms with E-state index in [1.807, 2.05) is 7.05 Å². The van der Waals surface area contributed by atoms with E-state index in [1.54, 1.807) is 0 Å². The van der Waals surface area contributed by atoms with Crippen molar-refractivity contribution in [3.05, 3.63) is 0 Å². The second-order valence-corrected chi connectivity index (χ2v) is 9.93. The fraction of sp³-hybridized carbons (Fsp3) is 0.958. The second-order valence-electron chi connectivity index (χ2n) is 9.93. The zero-order valence-electron chi connectivity index (χ0n) is 19.9. The minimum absolute atomic E-state index is 0.331. The van der Waals surface area contributed by atoms with E-state index < -0.39 is 0 Å². The molecule has 30 heavy (non-hydrogen) atoms. The topological polar surface area (TPSA) is 52.1 Å². The number of nitrogens with one attached hydrogen (secondary N) is 2. The lowest BCUT2D eigenvalue weighted by molar-refractivity contribution is 0.0532. The van der Waals surface area contributed by atoms with Gasteiger partial charge in [-0.15, -0.1) is 0 Å². The number of aliphatic imine (C=N–C) groups is 1. The van der Waals surface area contributed by atoms with E-state index in [4.69, 9.17) is 4.74 Å². The predicted octanol–water partition coefficient (Wildman–Crippen LogP) is 3.09. The molecular weight excluding hydrogens is 374 g/mol. The summed E-state index contributed by atoms with van der Waals surface area (Å²) in [6.45, 7) is 12.0. The number of nitrogens with zero attached hydrogens (tertiary/aromatic N) is 3. The van der Waals surface area contributed by atoms with Crippen molar-refractivity contribution in [3.8, 4) is 0 Å². The maximum Gasteiger partial charge on any atom is 0.191 e. The molecule has 6 nitrogen and oxygen atoms in total. The maximum atomic E-state index is 5.70. The van der Waals surface area contributed by atoms with Crippen LogP contribution in [0.4, 0.5) is 0 Å². The van der Waals surface area contributed by atoms with Gasteiger partial charge in [0.25, 0.3) is 0 Å². The predicted molar refractivity (Wildman–Crippen MR) is 126 cm³/mol. The molecule has 2 heterocycles. The summed E-state index contributed by atoms with van der Waals surface area (Å²) in [4.78, 5) is 9.80. The lowest BCUT2D eigenvalue weighted by atomic mass is 9.89. The Kier molecular flexibility index (Phi) is 10.2. The summed E-state index contributed by atoms with van der Waals surface area (Å²) in [5, 5.41) is 7.33. The fourth-order valence-electron chi connectivity index (χ4n) is 5.39. The Bertz CT molecular complexity index is 498. The number of hydrogen-bond acceptors (Lipinski definition) is 4. The van der Waals surface area contributed by atoms with Crippen molar-refractivity contribution in [1.82, 2.24) is 20.4 Å². The Labute approximate surface area is 185 Å². The van der Waals surface area contributed by atoms with Crippen LogP contribution in [0.3, 0.4) is 0 Å². The van der Waals surface area contributed by atoms with Crippen molar-refractivity contribution >= 4 is 5.96 Å². The summed E-state index contributed by atoms with van der Waals surface area (Å²) in [7, 11) is 1.90. The van der Waals surface area contributed by atoms with E-state index >= 15 is 0 Å². The van der Waals surface area contributed by atoms with Gasteiger partial charge in [0.2, 0.25) is 0 Å². The van der Waals surface area contributed by atoms with Gasteiger partial charge in [0.15, 0.2) is 5.96 Å². The molecule has 174 valence electrons. The minimum Gasteiger partial charge on any atom is -0.377 e. The molecule has 0 radical (unpaired) electrons. The molecule has 0 bridgehead atoms. The molecule has 6 heteroatoms. The highest BCUT2D eigenvalue weighted by atomic mass is 16.5. The third-order valence-corrected chi connectivity index (χ3v) is 7.23. The molecule has 2 saturated heterocycles. The van der Waals surface area contributed by atoms with Gasteiger partial charge in [-0.1, -0.05) is 19.3 Å². The van der Waals surface area contributed by atoms with Gasteiger partial charge in [0.1, 0.15) is 0 Å². The number of ether oxygens (including phenoxy) is 1. The number of hydrogen-bond donors (Lipinski definition) is 2. The van der Waals surface area contributed by atoms with Crippen LogP contribution in [0.15, 0.2) is 4.99 Å². The summed E-state index contributed by atoms with van der Waals surface area (Å²) < 4.78 is 5.70. The summed E-state index contributed by atoms with van der Waals surface area (Å²) in [5.41, 5.74) is 0. The van der Waals surface area contributed by atoms with Gasteiger partial charge in [-0.2, -0.15) is 0 Å². The van der Waals surface area contributed by atoms with Crippen molar-refractivity contribution in [1.29, 1.82) is 0 Å². The monoisotopic (exact) mass is 421 g/mol. The van der Waals surface area contributed by atoms with Crippen molar-refractivity contribution in [2.24, 2.45) is 10.9 Å². The molecule has 3 aliphatic rings. The quantitative estimate of drug-likeness (QED) is 0.443. The van der Waals surface area contributed by atoms with Gasteiger partial charge in [-0.05, 0) is 64.8 Å². The van der Waals surface area contributed by atoms with E-state index in [0.29, 0.717) is 18.2 Å². The molecule has 0 amide bonds. The molecule has 2 N–H and O–H groups in total. The molecular formula is C24H47N5O. The summed E-state index contributed by atoms with van der Waals surface area (Å²) in [6.07, 6.45) is 12.6. The van der Waals surface area contributed by atoms with Crippen LogP contribution in [0.5, 0.6) is 0 Å². The van der Waals surface area contributed by atoms with E-state index in [0.717, 1.165) is 44.7 Å². The van der Waals surface area contributed by atoms with E-state index in [9.17, 15) is 0 Å². The third kappa shape index (κ3) is 8.01. The first-order valence-corrected chi connectivity index (χ1v) is 12.7. The number of guanidine groups is 1. The number of piperidine rings is 1. The number of rotatable bonds is 9. The molecule has 0 spiro atoms. The highest BCUT2D eigenvalue weighted by molar-refractivity contribution is 5.80. The Hall–Kier alpha value is -0.850. The van der Waals surface area contributed by atoms with Crippen molar-refractivity contribution < 1.29 is 4.74 Å². The van der Waals surface area contributed by atoms with Crippen LogP contribution in [-0.2, 0) is 4.74 Å². The number of likely N-dealkylation sites (tertiary alicyclic amines) is 2. The van der Waals surface area contributed by atoms with Crippen molar-refractivity contribution in [3.63, 3.8) is 0 Å². The van der Waals surface area contributed by atoms with Crippen LogP contribution in [0, 0.1) is 5.92 Å². The normalized spacial score (nSPS) is 25.9. The molecule has 1 saturated carbocycles. The van der Waals surface area contributed by atoms with E-state index in [-0.39, 0.29) is 0 Å². The lowest BCUT2D eigenvalue weighted by Crippen LogP contribution is -2.51. The average Bonchev–Trinajstić information content (AvgIpc) is 3.19.